The van der Waals surface area contributed by atoms with Crippen molar-refractivity contribution in [1.29, 1.82) is 0 Å². The molecule has 0 saturated carbocycles. The molecule has 0 radical (unpaired) electrons. The number of rotatable bonds is 4. The van der Waals surface area contributed by atoms with Gasteiger partial charge in [-0.15, -0.1) is 0 Å². The standard InChI is InChI=1S/C42H28/c1-3-11-29(12-4-1)31-19-21-32(22-20-31)41-37-15-7-9-17-39(37)42(40-18-10-8-16-38(40)41)36-26-25-34-27-33(23-24-35(34)28-36)30-13-5-2-6-14-30/h1-28H/i1D,2D,3D,4D,5D,6D,7D,8D,9D,10D,11D,12D,13D,14D,15D,17D,18D,19D,20D,21D,22D,23D,24D,25D,26D,27D,28D. The average Bonchev–Trinajstić information content (AvgIpc) is 3.31. The molecule has 0 aliphatic heterocycles. The van der Waals surface area contributed by atoms with E-state index in [4.69, 9.17) is 24.7 Å². The van der Waals surface area contributed by atoms with E-state index in [9.17, 15) is 12.3 Å². The summed E-state index contributed by atoms with van der Waals surface area (Å²) in [4.78, 5) is 0. The molecule has 0 atom stereocenters. The first-order valence-electron chi connectivity index (χ1n) is 25.8. The minimum atomic E-state index is -0.999. The Morgan fingerprint density at radius 3 is 1.33 bits per heavy atom. The molecule has 42 heavy (non-hydrogen) atoms. The second-order valence-corrected chi connectivity index (χ2v) is 8.83. The third-order valence-corrected chi connectivity index (χ3v) is 6.45. The maximum Gasteiger partial charge on any atom is 0.0636 e. The Kier molecular flexibility index (Phi) is 2.25. The molecule has 8 rings (SSSR count). The summed E-state index contributed by atoms with van der Waals surface area (Å²) in [6, 6.07) is -23.4. The minimum Gasteiger partial charge on any atom is -0.0622 e. The molecular formula is C42H28. The van der Waals surface area contributed by atoms with Crippen molar-refractivity contribution in [3.63, 3.8) is 0 Å². The van der Waals surface area contributed by atoms with Crippen LogP contribution in [0.25, 0.3) is 76.8 Å². The fourth-order valence-electron chi connectivity index (χ4n) is 4.64. The van der Waals surface area contributed by atoms with E-state index < -0.39 is 240 Å². The second kappa shape index (κ2) is 10.2. The molecule has 8 aromatic carbocycles. The summed E-state index contributed by atoms with van der Waals surface area (Å²) in [5.74, 6) is 0. The summed E-state index contributed by atoms with van der Waals surface area (Å²) in [6.45, 7) is 0. The van der Waals surface area contributed by atoms with Gasteiger partial charge < -0.3 is 0 Å². The number of fused-ring (bicyclic) bond motifs is 3. The largest absolute Gasteiger partial charge is 0.0636 e. The monoisotopic (exact) mass is 559 g/mol. The molecule has 0 bridgehead atoms. The fourth-order valence-corrected chi connectivity index (χ4v) is 4.64. The third kappa shape index (κ3) is 4.17. The molecule has 0 heterocycles. The molecule has 0 nitrogen and oxygen atoms in total. The van der Waals surface area contributed by atoms with Gasteiger partial charge in [-0.3, -0.25) is 0 Å². The zero-order valence-corrected chi connectivity index (χ0v) is 21.1. The molecule has 0 aliphatic rings. The van der Waals surface area contributed by atoms with E-state index in [1.54, 1.807) is 0 Å². The van der Waals surface area contributed by atoms with Crippen molar-refractivity contribution in [3.8, 4) is 44.5 Å². The van der Waals surface area contributed by atoms with Crippen LogP contribution in [0.5, 0.6) is 0 Å². The first kappa shape index (κ1) is 9.28. The fraction of sp³-hybridized carbons (Fsp3) is 0. The van der Waals surface area contributed by atoms with Gasteiger partial charge in [0.2, 0.25) is 0 Å². The van der Waals surface area contributed by atoms with Crippen molar-refractivity contribution < 1.29 is 37.0 Å². The Hall–Kier alpha value is -5.46. The normalized spacial score (nSPS) is 20.3. The van der Waals surface area contributed by atoms with Gasteiger partial charge in [0.25, 0.3) is 0 Å². The van der Waals surface area contributed by atoms with Crippen LogP contribution >= 0.6 is 0 Å². The zero-order valence-electron chi connectivity index (χ0n) is 48.1. The summed E-state index contributed by atoms with van der Waals surface area (Å²) in [7, 11) is 0. The van der Waals surface area contributed by atoms with Gasteiger partial charge in [0, 0.05) is 0 Å². The zero-order chi connectivity index (χ0) is 51.4. The molecule has 0 unspecified atom stereocenters. The van der Waals surface area contributed by atoms with Crippen LogP contribution in [0.15, 0.2) is 169 Å². The van der Waals surface area contributed by atoms with Crippen LogP contribution in [0.2, 0.25) is 0 Å². The lowest BCUT2D eigenvalue weighted by atomic mass is 9.85. The molecule has 0 saturated heterocycles. The molecule has 0 aromatic heterocycles. The van der Waals surface area contributed by atoms with Crippen molar-refractivity contribution in [3.05, 3.63) is 169 Å². The molecule has 0 N–H and O–H groups in total. The van der Waals surface area contributed by atoms with E-state index in [0.29, 0.717) is 0 Å². The van der Waals surface area contributed by atoms with Crippen LogP contribution in [0.4, 0.5) is 0 Å². The third-order valence-electron chi connectivity index (χ3n) is 6.45. The van der Waals surface area contributed by atoms with Gasteiger partial charge >= 0.3 is 0 Å². The van der Waals surface area contributed by atoms with E-state index in [0.717, 1.165) is 6.07 Å². The highest BCUT2D eigenvalue weighted by atomic mass is 14.2. The summed E-state index contributed by atoms with van der Waals surface area (Å²) >= 11 is 0. The number of hydrogen-bond donors (Lipinski definition) is 0. The van der Waals surface area contributed by atoms with E-state index >= 15 is 0 Å². The van der Waals surface area contributed by atoms with Gasteiger partial charge in [0.1, 0.15) is 0 Å². The van der Waals surface area contributed by atoms with Gasteiger partial charge in [0.15, 0.2) is 0 Å². The van der Waals surface area contributed by atoms with Gasteiger partial charge in [-0.2, -0.15) is 0 Å². The van der Waals surface area contributed by atoms with Crippen LogP contribution in [-0.2, 0) is 0 Å². The first-order chi connectivity index (χ1) is 32.1. The Bertz CT molecular complexity index is 3660. The van der Waals surface area contributed by atoms with Crippen LogP contribution in [0.3, 0.4) is 0 Å². The minimum absolute atomic E-state index is 0.472. The molecule has 196 valence electrons. The number of hydrogen-bond acceptors (Lipinski definition) is 0. The predicted octanol–water partition coefficient (Wildman–Crippen LogP) is 11.8. The van der Waals surface area contributed by atoms with Gasteiger partial charge in [0.05, 0.1) is 37.0 Å². The molecular weight excluding hydrogens is 504 g/mol. The van der Waals surface area contributed by atoms with Crippen molar-refractivity contribution in [1.82, 2.24) is 0 Å². The molecule has 0 amide bonds. The average molecular weight is 560 g/mol. The van der Waals surface area contributed by atoms with Gasteiger partial charge in [-0.25, -0.2) is 0 Å². The quantitative estimate of drug-likeness (QED) is 0.188. The van der Waals surface area contributed by atoms with Crippen LogP contribution < -0.4 is 0 Å². The summed E-state index contributed by atoms with van der Waals surface area (Å²) in [6.07, 6.45) is 0. The molecule has 0 spiro atoms. The Morgan fingerprint density at radius 1 is 0.286 bits per heavy atom. The van der Waals surface area contributed by atoms with Crippen molar-refractivity contribution in [2.75, 3.05) is 0 Å². The maximum absolute atomic E-state index is 9.60. The second-order valence-electron chi connectivity index (χ2n) is 8.83. The number of benzene rings is 8. The SMILES string of the molecule is [2H]c1cc2c(-c3c([2H])c([2H])c(-c4c([2H])c([2H])c([2H])c([2H])c4[2H])c([2H])c3[2H])c3c([2H])c([2H])c([2H])c([2H])c3c(-c3c([2H])c([2H])c4c([2H])c(-c5c([2H])c([2H])c([2H])c([2H])c5[2H])c([2H])c([2H])c4c3[2H])c2c([2H])c1[2H]. The maximum atomic E-state index is 9.60. The van der Waals surface area contributed by atoms with E-state index in [1.807, 2.05) is 0 Å². The summed E-state index contributed by atoms with van der Waals surface area (Å²) in [5, 5.41) is -3.75. The highest BCUT2D eigenvalue weighted by molar-refractivity contribution is 6.21. The highest BCUT2D eigenvalue weighted by Gasteiger charge is 2.17. The predicted molar refractivity (Wildman–Crippen MR) is 181 cm³/mol. The van der Waals surface area contributed by atoms with Crippen LogP contribution in [0, 0.1) is 0 Å². The Balaban J connectivity index is 1.62. The summed E-state index contributed by atoms with van der Waals surface area (Å²) in [5.41, 5.74) is -5.56. The smallest absolute Gasteiger partial charge is 0.0622 e. The lowest BCUT2D eigenvalue weighted by Gasteiger charge is -2.18. The lowest BCUT2D eigenvalue weighted by molar-refractivity contribution is 1.61. The molecule has 8 aromatic rings. The Morgan fingerprint density at radius 2 is 0.690 bits per heavy atom. The van der Waals surface area contributed by atoms with E-state index in [-0.39, 0.29) is 0 Å². The first-order valence-corrected chi connectivity index (χ1v) is 12.3. The molecule has 0 fully saturated rings. The van der Waals surface area contributed by atoms with E-state index in [2.05, 4.69) is 0 Å². The van der Waals surface area contributed by atoms with Crippen LogP contribution in [0.1, 0.15) is 37.0 Å². The van der Waals surface area contributed by atoms with Gasteiger partial charge in [-0.1, -0.05) is 157 Å². The van der Waals surface area contributed by atoms with Crippen LogP contribution in [-0.4, -0.2) is 0 Å². The van der Waals surface area contributed by atoms with E-state index in [1.165, 1.54) is 0 Å². The van der Waals surface area contributed by atoms with Crippen molar-refractivity contribution >= 4 is 32.3 Å². The van der Waals surface area contributed by atoms with Crippen molar-refractivity contribution in [2.45, 2.75) is 0 Å². The Labute approximate surface area is 284 Å². The highest BCUT2D eigenvalue weighted by Crippen LogP contribution is 2.44. The van der Waals surface area contributed by atoms with Crippen molar-refractivity contribution in [2.24, 2.45) is 0 Å². The molecule has 0 heteroatoms. The summed E-state index contributed by atoms with van der Waals surface area (Å²) < 4.78 is 238. The topological polar surface area (TPSA) is 0 Å². The lowest BCUT2D eigenvalue weighted by Crippen LogP contribution is -1.91. The van der Waals surface area contributed by atoms with Gasteiger partial charge in [-0.05, 0) is 88.9 Å². The molecule has 0 aliphatic carbocycles.